The van der Waals surface area contributed by atoms with Gasteiger partial charge in [0.1, 0.15) is 5.82 Å². The summed E-state index contributed by atoms with van der Waals surface area (Å²) >= 11 is 0. The Hall–Kier alpha value is -1.81. The Morgan fingerprint density at radius 2 is 1.88 bits per heavy atom. The lowest BCUT2D eigenvalue weighted by Crippen LogP contribution is -2.06. The number of aryl methyl sites for hydroxylation is 1. The monoisotopic (exact) mass is 231 g/mol. The van der Waals surface area contributed by atoms with Crippen LogP contribution < -0.4 is 5.73 Å². The van der Waals surface area contributed by atoms with Gasteiger partial charge in [0, 0.05) is 12.7 Å². The molecule has 90 valence electrons. The molecule has 0 aliphatic heterocycles. The number of nitrogens with zero attached hydrogens (tertiary/aromatic N) is 2. The molecule has 2 rings (SSSR count). The molecular formula is C13H17N3O. The van der Waals surface area contributed by atoms with Gasteiger partial charge < -0.3 is 10.5 Å². The molecule has 0 saturated heterocycles. The summed E-state index contributed by atoms with van der Waals surface area (Å²) < 4.78 is 6.88. The highest BCUT2D eigenvalue weighted by Gasteiger charge is 2.03. The normalized spacial score (nSPS) is 10.7. The lowest BCUT2D eigenvalue weighted by molar-refractivity contribution is 0.185. The van der Waals surface area contributed by atoms with Crippen LogP contribution in [0.3, 0.4) is 0 Å². The molecule has 0 fully saturated rings. The zero-order valence-electron chi connectivity index (χ0n) is 10.2. The van der Waals surface area contributed by atoms with Crippen LogP contribution in [0.1, 0.15) is 16.7 Å². The third kappa shape index (κ3) is 2.65. The van der Waals surface area contributed by atoms with E-state index in [0.717, 1.165) is 11.4 Å². The molecule has 4 heteroatoms. The van der Waals surface area contributed by atoms with Crippen molar-refractivity contribution in [2.45, 2.75) is 20.1 Å². The van der Waals surface area contributed by atoms with Crippen LogP contribution in [0.25, 0.3) is 0 Å². The molecule has 1 heterocycles. The first-order valence-corrected chi connectivity index (χ1v) is 5.55. The number of nitrogens with two attached hydrogens (primary N) is 1. The Balaban J connectivity index is 2.11. The van der Waals surface area contributed by atoms with Crippen molar-refractivity contribution in [2.75, 3.05) is 12.8 Å². The Labute approximate surface area is 101 Å². The van der Waals surface area contributed by atoms with E-state index >= 15 is 0 Å². The van der Waals surface area contributed by atoms with Gasteiger partial charge in [-0.3, -0.25) is 0 Å². The molecule has 2 aromatic rings. The van der Waals surface area contributed by atoms with E-state index in [2.05, 4.69) is 29.4 Å². The van der Waals surface area contributed by atoms with Crippen molar-refractivity contribution in [3.05, 3.63) is 47.2 Å². The van der Waals surface area contributed by atoms with E-state index < -0.39 is 0 Å². The number of methoxy groups -OCH3 is 1. The molecule has 0 aliphatic carbocycles. The minimum absolute atomic E-state index is 0.642. The van der Waals surface area contributed by atoms with Crippen molar-refractivity contribution in [3.8, 4) is 0 Å². The first-order valence-electron chi connectivity index (χ1n) is 5.55. The maximum Gasteiger partial charge on any atom is 0.124 e. The molecule has 0 radical (unpaired) electrons. The van der Waals surface area contributed by atoms with Crippen LogP contribution in [-0.4, -0.2) is 16.9 Å². The number of hydrogen-bond donors (Lipinski definition) is 1. The third-order valence-corrected chi connectivity index (χ3v) is 2.74. The molecule has 4 nitrogen and oxygen atoms in total. The van der Waals surface area contributed by atoms with E-state index in [1.54, 1.807) is 18.0 Å². The van der Waals surface area contributed by atoms with E-state index in [1.807, 2.05) is 6.92 Å². The lowest BCUT2D eigenvalue weighted by Gasteiger charge is -2.06. The summed E-state index contributed by atoms with van der Waals surface area (Å²) in [7, 11) is 1.70. The zero-order chi connectivity index (χ0) is 12.3. The molecular weight excluding hydrogens is 214 g/mol. The van der Waals surface area contributed by atoms with Gasteiger partial charge in [-0.25, -0.2) is 4.68 Å². The highest BCUT2D eigenvalue weighted by Crippen LogP contribution is 2.12. The molecule has 1 aromatic carbocycles. The first kappa shape index (κ1) is 11.7. The Morgan fingerprint density at radius 3 is 2.41 bits per heavy atom. The van der Waals surface area contributed by atoms with Crippen LogP contribution in [-0.2, 0) is 17.9 Å². The van der Waals surface area contributed by atoms with Gasteiger partial charge in [0.2, 0.25) is 0 Å². The fourth-order valence-electron chi connectivity index (χ4n) is 1.69. The smallest absolute Gasteiger partial charge is 0.124 e. The second-order valence-electron chi connectivity index (χ2n) is 4.12. The minimum atomic E-state index is 0.642. The van der Waals surface area contributed by atoms with Crippen molar-refractivity contribution in [3.63, 3.8) is 0 Å². The average Bonchev–Trinajstić information content (AvgIpc) is 2.64. The molecule has 0 spiro atoms. The maximum absolute atomic E-state index is 5.91. The predicted molar refractivity (Wildman–Crippen MR) is 67.6 cm³/mol. The highest BCUT2D eigenvalue weighted by molar-refractivity contribution is 5.38. The Morgan fingerprint density at radius 1 is 1.24 bits per heavy atom. The molecule has 0 bridgehead atoms. The van der Waals surface area contributed by atoms with Crippen molar-refractivity contribution >= 4 is 5.82 Å². The fourth-order valence-corrected chi connectivity index (χ4v) is 1.69. The summed E-state index contributed by atoms with van der Waals surface area (Å²) in [4.78, 5) is 0. The summed E-state index contributed by atoms with van der Waals surface area (Å²) in [5, 5.41) is 4.24. The SMILES string of the molecule is COCc1ccc(Cn2ncc(C)c2N)cc1. The molecule has 0 unspecified atom stereocenters. The van der Waals surface area contributed by atoms with Gasteiger partial charge in [-0.05, 0) is 18.1 Å². The van der Waals surface area contributed by atoms with Gasteiger partial charge in [-0.1, -0.05) is 24.3 Å². The number of nitrogen functional groups attached to an aromatic ring is 1. The molecule has 0 saturated carbocycles. The first-order chi connectivity index (χ1) is 8.20. The molecule has 0 aliphatic rings. The van der Waals surface area contributed by atoms with Crippen LogP contribution in [0, 0.1) is 6.92 Å². The van der Waals surface area contributed by atoms with Crippen molar-refractivity contribution in [2.24, 2.45) is 0 Å². The standard InChI is InChI=1S/C13H17N3O/c1-10-7-15-16(13(10)14)8-11-3-5-12(6-4-11)9-17-2/h3-7H,8-9,14H2,1-2H3. The Kier molecular flexibility index (Phi) is 3.44. The number of ether oxygens (including phenoxy) is 1. The molecule has 2 N–H and O–H groups in total. The van der Waals surface area contributed by atoms with Crippen LogP contribution in [0.15, 0.2) is 30.5 Å². The van der Waals surface area contributed by atoms with Crippen molar-refractivity contribution < 1.29 is 4.74 Å². The van der Waals surface area contributed by atoms with E-state index in [9.17, 15) is 0 Å². The van der Waals surface area contributed by atoms with Gasteiger partial charge in [0.05, 0.1) is 19.3 Å². The molecule has 0 amide bonds. The van der Waals surface area contributed by atoms with E-state index in [-0.39, 0.29) is 0 Å². The van der Waals surface area contributed by atoms with E-state index in [0.29, 0.717) is 13.2 Å². The number of hydrogen-bond acceptors (Lipinski definition) is 3. The van der Waals surface area contributed by atoms with Crippen LogP contribution >= 0.6 is 0 Å². The van der Waals surface area contributed by atoms with Crippen molar-refractivity contribution in [1.82, 2.24) is 9.78 Å². The lowest BCUT2D eigenvalue weighted by atomic mass is 10.1. The molecule has 1 aromatic heterocycles. The summed E-state index contributed by atoms with van der Waals surface area (Å²) in [6, 6.07) is 8.27. The Bertz CT molecular complexity index is 488. The minimum Gasteiger partial charge on any atom is -0.384 e. The van der Waals surface area contributed by atoms with Crippen LogP contribution in [0.5, 0.6) is 0 Å². The van der Waals surface area contributed by atoms with Gasteiger partial charge in [0.15, 0.2) is 0 Å². The quantitative estimate of drug-likeness (QED) is 0.875. The largest absolute Gasteiger partial charge is 0.384 e. The summed E-state index contributed by atoms with van der Waals surface area (Å²) in [5.74, 6) is 0.728. The van der Waals surface area contributed by atoms with Gasteiger partial charge in [-0.15, -0.1) is 0 Å². The topological polar surface area (TPSA) is 53.1 Å². The van der Waals surface area contributed by atoms with E-state index in [4.69, 9.17) is 10.5 Å². The summed E-state index contributed by atoms with van der Waals surface area (Å²) in [6.07, 6.45) is 1.79. The van der Waals surface area contributed by atoms with Crippen molar-refractivity contribution in [1.29, 1.82) is 0 Å². The molecule has 0 atom stereocenters. The summed E-state index contributed by atoms with van der Waals surface area (Å²) in [5.41, 5.74) is 9.27. The summed E-state index contributed by atoms with van der Waals surface area (Å²) in [6.45, 7) is 3.30. The van der Waals surface area contributed by atoms with E-state index in [1.165, 1.54) is 11.1 Å². The number of anilines is 1. The molecule has 17 heavy (non-hydrogen) atoms. The van der Waals surface area contributed by atoms with Gasteiger partial charge in [-0.2, -0.15) is 5.10 Å². The second-order valence-corrected chi connectivity index (χ2v) is 4.12. The average molecular weight is 231 g/mol. The van der Waals surface area contributed by atoms with Gasteiger partial charge >= 0.3 is 0 Å². The number of benzene rings is 1. The van der Waals surface area contributed by atoms with Gasteiger partial charge in [0.25, 0.3) is 0 Å². The van der Waals surface area contributed by atoms with Crippen LogP contribution in [0.2, 0.25) is 0 Å². The number of aromatic nitrogens is 2. The number of rotatable bonds is 4. The highest BCUT2D eigenvalue weighted by atomic mass is 16.5. The maximum atomic E-state index is 5.91. The fraction of sp³-hybridized carbons (Fsp3) is 0.308. The second kappa shape index (κ2) is 5.01. The zero-order valence-corrected chi connectivity index (χ0v) is 10.2. The predicted octanol–water partition coefficient (Wildman–Crippen LogP) is 1.97. The van der Waals surface area contributed by atoms with Crippen LogP contribution in [0.4, 0.5) is 5.82 Å². The third-order valence-electron chi connectivity index (χ3n) is 2.74.